The summed E-state index contributed by atoms with van der Waals surface area (Å²) in [5.74, 6) is 0.720. The number of carbonyl (C=O) groups is 1. The number of nitrogens with two attached hydrogens (primary N) is 1. The van der Waals surface area contributed by atoms with Crippen LogP contribution in [0.4, 0.5) is 15.0 Å². The number of aromatic nitrogens is 1. The number of aryl methyl sites for hydroxylation is 1. The first kappa shape index (κ1) is 22.8. The number of pyridine rings is 1. The van der Waals surface area contributed by atoms with Crippen molar-refractivity contribution in [1.82, 2.24) is 9.88 Å². The first-order valence-corrected chi connectivity index (χ1v) is 11.2. The van der Waals surface area contributed by atoms with Gasteiger partial charge in [0, 0.05) is 43.1 Å². The summed E-state index contributed by atoms with van der Waals surface area (Å²) in [7, 11) is 0. The lowest BCUT2D eigenvalue weighted by Crippen LogP contribution is -2.44. The van der Waals surface area contributed by atoms with E-state index in [1.165, 1.54) is 6.07 Å². The van der Waals surface area contributed by atoms with Crippen molar-refractivity contribution in [2.45, 2.75) is 52.2 Å². The van der Waals surface area contributed by atoms with Crippen molar-refractivity contribution in [3.8, 4) is 16.9 Å². The maximum Gasteiger partial charge on any atom is 0.410 e. The predicted octanol–water partition coefficient (Wildman–Crippen LogP) is 5.71. The van der Waals surface area contributed by atoms with Crippen LogP contribution in [-0.2, 0) is 4.74 Å². The Morgan fingerprint density at radius 1 is 1.18 bits per heavy atom. The molecule has 2 aromatic carbocycles. The predicted molar refractivity (Wildman–Crippen MR) is 128 cm³/mol. The molecule has 174 valence electrons. The Morgan fingerprint density at radius 3 is 2.58 bits per heavy atom. The van der Waals surface area contributed by atoms with Crippen LogP contribution in [0, 0.1) is 12.7 Å². The van der Waals surface area contributed by atoms with Crippen LogP contribution in [0.2, 0.25) is 0 Å². The molecular weight excluding hydrogens is 421 g/mol. The molecule has 0 unspecified atom stereocenters. The molecule has 0 bridgehead atoms. The smallest absolute Gasteiger partial charge is 0.410 e. The molecule has 1 amide bonds. The van der Waals surface area contributed by atoms with Crippen LogP contribution < -0.4 is 10.5 Å². The Balaban J connectivity index is 1.59. The maximum atomic E-state index is 14.9. The molecule has 7 heteroatoms. The van der Waals surface area contributed by atoms with E-state index in [0.29, 0.717) is 43.1 Å². The molecule has 2 heterocycles. The Labute approximate surface area is 193 Å². The molecule has 0 spiro atoms. The summed E-state index contributed by atoms with van der Waals surface area (Å²) in [6.07, 6.45) is 2.70. The van der Waals surface area contributed by atoms with Crippen molar-refractivity contribution in [1.29, 1.82) is 0 Å². The van der Waals surface area contributed by atoms with E-state index in [1.54, 1.807) is 23.2 Å². The van der Waals surface area contributed by atoms with Crippen LogP contribution in [0.1, 0.15) is 39.2 Å². The largest absolute Gasteiger partial charge is 0.490 e. The second-order valence-electron chi connectivity index (χ2n) is 9.52. The number of ether oxygens (including phenoxy) is 2. The molecule has 1 aromatic heterocycles. The van der Waals surface area contributed by atoms with E-state index in [9.17, 15) is 9.18 Å². The van der Waals surface area contributed by atoms with Crippen LogP contribution >= 0.6 is 0 Å². The van der Waals surface area contributed by atoms with Crippen molar-refractivity contribution >= 4 is 22.7 Å². The number of carbonyl (C=O) groups excluding carboxylic acids is 1. The van der Waals surface area contributed by atoms with Gasteiger partial charge in [0.05, 0.1) is 0 Å². The standard InChI is InChI=1S/C26H30FN3O3/c1-16-6-5-7-22(27)24(16)21-13-19(12-17-15-29-23(28)14-20(17)21)32-18-8-10-30(11-9-18)25(31)33-26(2,3)4/h5-7,12-15,18H,8-11H2,1-4H3,(H2,28,29). The normalized spacial score (nSPS) is 15.0. The lowest BCUT2D eigenvalue weighted by Gasteiger charge is -2.33. The highest BCUT2D eigenvalue weighted by molar-refractivity contribution is 5.99. The number of halogens is 1. The van der Waals surface area contributed by atoms with E-state index < -0.39 is 5.60 Å². The summed E-state index contributed by atoms with van der Waals surface area (Å²) in [5.41, 5.74) is 7.49. The highest BCUT2D eigenvalue weighted by Gasteiger charge is 2.28. The van der Waals surface area contributed by atoms with Crippen molar-refractivity contribution in [2.24, 2.45) is 0 Å². The number of piperidine rings is 1. The molecule has 1 aliphatic heterocycles. The number of amides is 1. The summed E-state index contributed by atoms with van der Waals surface area (Å²) in [6, 6.07) is 10.6. The zero-order chi connectivity index (χ0) is 23.8. The number of benzene rings is 2. The second-order valence-corrected chi connectivity index (χ2v) is 9.52. The number of fused-ring (bicyclic) bond motifs is 1. The van der Waals surface area contributed by atoms with E-state index >= 15 is 0 Å². The third-order valence-electron chi connectivity index (χ3n) is 5.72. The third kappa shape index (κ3) is 5.18. The fraction of sp³-hybridized carbons (Fsp3) is 0.385. The summed E-state index contributed by atoms with van der Waals surface area (Å²) in [5, 5.41) is 1.65. The minimum Gasteiger partial charge on any atom is -0.490 e. The Kier molecular flexibility index (Phi) is 6.15. The lowest BCUT2D eigenvalue weighted by atomic mass is 9.95. The number of hydrogen-bond acceptors (Lipinski definition) is 5. The zero-order valence-electron chi connectivity index (χ0n) is 19.5. The van der Waals surface area contributed by atoms with E-state index in [1.807, 2.05) is 45.9 Å². The first-order valence-electron chi connectivity index (χ1n) is 11.2. The van der Waals surface area contributed by atoms with Gasteiger partial charge in [0.1, 0.15) is 29.1 Å². The third-order valence-corrected chi connectivity index (χ3v) is 5.72. The number of likely N-dealkylation sites (tertiary alicyclic amines) is 1. The Hall–Kier alpha value is -3.35. The summed E-state index contributed by atoms with van der Waals surface area (Å²) >= 11 is 0. The van der Waals surface area contributed by atoms with Crippen LogP contribution in [0.25, 0.3) is 21.9 Å². The fourth-order valence-corrected chi connectivity index (χ4v) is 4.17. The Morgan fingerprint density at radius 2 is 1.91 bits per heavy atom. The summed E-state index contributed by atoms with van der Waals surface area (Å²) in [6.45, 7) is 8.58. The van der Waals surface area contributed by atoms with Crippen molar-refractivity contribution < 1.29 is 18.7 Å². The van der Waals surface area contributed by atoms with Gasteiger partial charge in [0.15, 0.2) is 0 Å². The first-order chi connectivity index (χ1) is 15.6. The van der Waals surface area contributed by atoms with Crippen LogP contribution in [0.3, 0.4) is 0 Å². The average molecular weight is 452 g/mol. The molecule has 1 saturated heterocycles. The summed E-state index contributed by atoms with van der Waals surface area (Å²) in [4.78, 5) is 18.2. The molecule has 3 aromatic rings. The van der Waals surface area contributed by atoms with Crippen LogP contribution in [0.15, 0.2) is 42.6 Å². The molecule has 33 heavy (non-hydrogen) atoms. The molecule has 2 N–H and O–H groups in total. The van der Waals surface area contributed by atoms with Gasteiger partial charge in [-0.3, -0.25) is 0 Å². The molecular formula is C26H30FN3O3. The molecule has 0 saturated carbocycles. The maximum absolute atomic E-state index is 14.9. The van der Waals surface area contributed by atoms with Gasteiger partial charge in [-0.2, -0.15) is 0 Å². The van der Waals surface area contributed by atoms with Gasteiger partial charge in [0.25, 0.3) is 0 Å². The molecule has 1 fully saturated rings. The Bertz CT molecular complexity index is 1160. The van der Waals surface area contributed by atoms with Crippen molar-refractivity contribution in [3.05, 3.63) is 54.0 Å². The highest BCUT2D eigenvalue weighted by Crippen LogP contribution is 2.37. The number of anilines is 1. The number of nitrogens with zero attached hydrogens (tertiary/aromatic N) is 2. The molecule has 0 atom stereocenters. The molecule has 1 aliphatic rings. The van der Waals surface area contributed by atoms with Crippen LogP contribution in [0.5, 0.6) is 5.75 Å². The number of rotatable bonds is 3. The molecule has 0 radical (unpaired) electrons. The van der Waals surface area contributed by atoms with E-state index in [-0.39, 0.29) is 18.0 Å². The number of nitrogen functional groups attached to an aromatic ring is 1. The van der Waals surface area contributed by atoms with E-state index in [0.717, 1.165) is 21.9 Å². The van der Waals surface area contributed by atoms with Gasteiger partial charge >= 0.3 is 6.09 Å². The van der Waals surface area contributed by atoms with Gasteiger partial charge in [-0.1, -0.05) is 12.1 Å². The average Bonchev–Trinajstić information content (AvgIpc) is 2.73. The summed E-state index contributed by atoms with van der Waals surface area (Å²) < 4.78 is 26.6. The van der Waals surface area contributed by atoms with Gasteiger partial charge in [-0.25, -0.2) is 14.2 Å². The monoisotopic (exact) mass is 451 g/mol. The van der Waals surface area contributed by atoms with E-state index in [4.69, 9.17) is 15.2 Å². The van der Waals surface area contributed by atoms with Gasteiger partial charge < -0.3 is 20.1 Å². The van der Waals surface area contributed by atoms with Gasteiger partial charge in [-0.15, -0.1) is 0 Å². The fourth-order valence-electron chi connectivity index (χ4n) is 4.17. The molecule has 0 aliphatic carbocycles. The molecule has 6 nitrogen and oxygen atoms in total. The topological polar surface area (TPSA) is 77.7 Å². The lowest BCUT2D eigenvalue weighted by molar-refractivity contribution is 0.0127. The minimum atomic E-state index is -0.520. The SMILES string of the molecule is Cc1cccc(F)c1-c1cc(OC2CCN(C(=O)OC(C)(C)C)CC2)cc2cnc(N)cc12. The minimum absolute atomic E-state index is 0.0579. The highest BCUT2D eigenvalue weighted by atomic mass is 19.1. The second kappa shape index (κ2) is 8.89. The van der Waals surface area contributed by atoms with Crippen LogP contribution in [-0.4, -0.2) is 40.8 Å². The quantitative estimate of drug-likeness (QED) is 0.552. The number of hydrogen-bond donors (Lipinski definition) is 1. The van der Waals surface area contributed by atoms with Crippen molar-refractivity contribution in [2.75, 3.05) is 18.8 Å². The van der Waals surface area contributed by atoms with Gasteiger partial charge in [0.2, 0.25) is 0 Å². The molecule has 4 rings (SSSR count). The van der Waals surface area contributed by atoms with Gasteiger partial charge in [-0.05, 0) is 68.5 Å². The van der Waals surface area contributed by atoms with E-state index in [2.05, 4.69) is 4.98 Å². The zero-order valence-corrected chi connectivity index (χ0v) is 19.5. The van der Waals surface area contributed by atoms with Crippen molar-refractivity contribution in [3.63, 3.8) is 0 Å².